The molecule has 0 spiro atoms. The molecule has 1 unspecified atom stereocenters. The van der Waals surface area contributed by atoms with E-state index in [1.165, 1.54) is 0 Å². The summed E-state index contributed by atoms with van der Waals surface area (Å²) in [6.45, 7) is 8.15. The van der Waals surface area contributed by atoms with Crippen molar-refractivity contribution in [2.45, 2.75) is 58.4 Å². The molecule has 1 saturated heterocycles. The van der Waals surface area contributed by atoms with Crippen molar-refractivity contribution in [1.29, 1.82) is 0 Å². The number of nitrogens with zero attached hydrogens (tertiary/aromatic N) is 2. The lowest BCUT2D eigenvalue weighted by atomic mass is 9.87. The monoisotopic (exact) mass is 267 g/mol. The van der Waals surface area contributed by atoms with Crippen molar-refractivity contribution < 1.29 is 9.26 Å². The van der Waals surface area contributed by atoms with Gasteiger partial charge in [0.1, 0.15) is 0 Å². The number of hydrogen-bond donors (Lipinski definition) is 1. The third kappa shape index (κ3) is 4.58. The summed E-state index contributed by atoms with van der Waals surface area (Å²) in [5, 5.41) is 4.09. The summed E-state index contributed by atoms with van der Waals surface area (Å²) in [6.07, 6.45) is 3.56. The molecule has 2 rings (SSSR count). The van der Waals surface area contributed by atoms with Crippen molar-refractivity contribution in [2.24, 2.45) is 11.1 Å². The summed E-state index contributed by atoms with van der Waals surface area (Å²) in [6, 6.07) is 0.0722. The summed E-state index contributed by atoms with van der Waals surface area (Å²) >= 11 is 0. The normalized spacial score (nSPS) is 19.6. The molecule has 0 bridgehead atoms. The fourth-order valence-electron chi connectivity index (χ4n) is 2.56. The molecular formula is C14H25N3O2. The summed E-state index contributed by atoms with van der Waals surface area (Å²) in [5.41, 5.74) is 6.36. The molecule has 2 N–H and O–H groups in total. The molecule has 0 saturated carbocycles. The summed E-state index contributed by atoms with van der Waals surface area (Å²) in [4.78, 5) is 4.49. The summed E-state index contributed by atoms with van der Waals surface area (Å²) in [5.74, 6) is 1.87. The van der Waals surface area contributed by atoms with E-state index >= 15 is 0 Å². The second-order valence-electron chi connectivity index (χ2n) is 6.66. The highest BCUT2D eigenvalue weighted by atomic mass is 16.5. The number of rotatable bonds is 4. The van der Waals surface area contributed by atoms with E-state index < -0.39 is 0 Å². The van der Waals surface area contributed by atoms with Gasteiger partial charge < -0.3 is 15.0 Å². The Kier molecular flexibility index (Phi) is 4.58. The zero-order valence-electron chi connectivity index (χ0n) is 12.2. The first-order chi connectivity index (χ1) is 8.94. The van der Waals surface area contributed by atoms with E-state index in [-0.39, 0.29) is 11.5 Å². The van der Waals surface area contributed by atoms with Crippen LogP contribution < -0.4 is 5.73 Å². The lowest BCUT2D eigenvalue weighted by molar-refractivity contribution is 0.0830. The van der Waals surface area contributed by atoms with Gasteiger partial charge in [-0.25, -0.2) is 0 Å². The Balaban J connectivity index is 1.89. The van der Waals surface area contributed by atoms with Crippen LogP contribution in [-0.4, -0.2) is 29.4 Å². The standard InChI is InChI=1S/C14H25N3O2/c1-14(2,3)9-11(15)8-12-16-13(17-19-12)10-4-6-18-7-5-10/h10-11H,4-9,15H2,1-3H3. The Morgan fingerprint density at radius 2 is 2.00 bits per heavy atom. The predicted octanol–water partition coefficient (Wildman–Crippen LogP) is 2.27. The van der Waals surface area contributed by atoms with E-state index in [1.54, 1.807) is 0 Å². The van der Waals surface area contributed by atoms with Crippen LogP contribution in [0.25, 0.3) is 0 Å². The van der Waals surface area contributed by atoms with Gasteiger partial charge in [0.2, 0.25) is 5.89 Å². The smallest absolute Gasteiger partial charge is 0.228 e. The van der Waals surface area contributed by atoms with E-state index in [1.807, 2.05) is 0 Å². The zero-order chi connectivity index (χ0) is 13.9. The van der Waals surface area contributed by atoms with E-state index in [4.69, 9.17) is 15.0 Å². The molecule has 1 fully saturated rings. The lowest BCUT2D eigenvalue weighted by Crippen LogP contribution is -2.28. The van der Waals surface area contributed by atoms with Crippen LogP contribution in [0.2, 0.25) is 0 Å². The van der Waals surface area contributed by atoms with E-state index in [9.17, 15) is 0 Å². The maximum atomic E-state index is 6.13. The van der Waals surface area contributed by atoms with E-state index in [0.717, 1.165) is 38.3 Å². The molecule has 0 aromatic carbocycles. The first-order valence-corrected chi connectivity index (χ1v) is 7.10. The molecule has 0 radical (unpaired) electrons. The van der Waals surface area contributed by atoms with Crippen LogP contribution in [0.1, 0.15) is 57.7 Å². The van der Waals surface area contributed by atoms with Crippen LogP contribution in [0.4, 0.5) is 0 Å². The van der Waals surface area contributed by atoms with Gasteiger partial charge in [-0.1, -0.05) is 25.9 Å². The Morgan fingerprint density at radius 3 is 2.63 bits per heavy atom. The van der Waals surface area contributed by atoms with Gasteiger partial charge in [-0.3, -0.25) is 0 Å². The van der Waals surface area contributed by atoms with Crippen molar-refractivity contribution in [3.8, 4) is 0 Å². The molecule has 5 heteroatoms. The average Bonchev–Trinajstić information content (AvgIpc) is 2.76. The molecular weight excluding hydrogens is 242 g/mol. The van der Waals surface area contributed by atoms with Crippen LogP contribution >= 0.6 is 0 Å². The van der Waals surface area contributed by atoms with Gasteiger partial charge in [0, 0.05) is 31.6 Å². The van der Waals surface area contributed by atoms with Gasteiger partial charge in [0.15, 0.2) is 5.82 Å². The fraction of sp³-hybridized carbons (Fsp3) is 0.857. The zero-order valence-corrected chi connectivity index (χ0v) is 12.2. The molecule has 1 aromatic heterocycles. The highest BCUT2D eigenvalue weighted by molar-refractivity contribution is 4.97. The van der Waals surface area contributed by atoms with E-state index in [0.29, 0.717) is 18.2 Å². The van der Waals surface area contributed by atoms with Gasteiger partial charge in [0.25, 0.3) is 0 Å². The number of aromatic nitrogens is 2. The molecule has 0 amide bonds. The molecule has 1 aliphatic heterocycles. The van der Waals surface area contributed by atoms with Gasteiger partial charge >= 0.3 is 0 Å². The van der Waals surface area contributed by atoms with Crippen molar-refractivity contribution in [3.05, 3.63) is 11.7 Å². The Hall–Kier alpha value is -0.940. The first-order valence-electron chi connectivity index (χ1n) is 7.10. The number of hydrogen-bond acceptors (Lipinski definition) is 5. The van der Waals surface area contributed by atoms with Crippen molar-refractivity contribution in [3.63, 3.8) is 0 Å². The van der Waals surface area contributed by atoms with Gasteiger partial charge in [-0.15, -0.1) is 0 Å². The minimum absolute atomic E-state index is 0.0722. The molecule has 2 heterocycles. The Labute approximate surface area is 114 Å². The average molecular weight is 267 g/mol. The highest BCUT2D eigenvalue weighted by Gasteiger charge is 2.23. The maximum absolute atomic E-state index is 6.13. The first kappa shape index (κ1) is 14.5. The van der Waals surface area contributed by atoms with Gasteiger partial charge in [0.05, 0.1) is 0 Å². The van der Waals surface area contributed by atoms with Crippen LogP contribution in [-0.2, 0) is 11.2 Å². The lowest BCUT2D eigenvalue weighted by Gasteiger charge is -2.22. The summed E-state index contributed by atoms with van der Waals surface area (Å²) in [7, 11) is 0. The SMILES string of the molecule is CC(C)(C)CC(N)Cc1nc(C2CCOCC2)no1. The third-order valence-corrected chi connectivity index (χ3v) is 3.38. The number of nitrogens with two attached hydrogens (primary N) is 1. The quantitative estimate of drug-likeness (QED) is 0.905. The minimum Gasteiger partial charge on any atom is -0.381 e. The summed E-state index contributed by atoms with van der Waals surface area (Å²) < 4.78 is 10.7. The van der Waals surface area contributed by atoms with Gasteiger partial charge in [-0.05, 0) is 24.7 Å². The highest BCUT2D eigenvalue weighted by Crippen LogP contribution is 2.25. The second kappa shape index (κ2) is 6.01. The minimum atomic E-state index is 0.0722. The number of ether oxygens (including phenoxy) is 1. The molecule has 19 heavy (non-hydrogen) atoms. The molecule has 108 valence electrons. The molecule has 1 aromatic rings. The maximum Gasteiger partial charge on any atom is 0.228 e. The predicted molar refractivity (Wildman–Crippen MR) is 72.8 cm³/mol. The van der Waals surface area contributed by atoms with Crippen LogP contribution in [0.15, 0.2) is 4.52 Å². The van der Waals surface area contributed by atoms with E-state index in [2.05, 4.69) is 30.9 Å². The fourth-order valence-corrected chi connectivity index (χ4v) is 2.56. The third-order valence-electron chi connectivity index (χ3n) is 3.38. The van der Waals surface area contributed by atoms with Crippen LogP contribution in [0.5, 0.6) is 0 Å². The Bertz CT molecular complexity index is 392. The van der Waals surface area contributed by atoms with Crippen molar-refractivity contribution in [2.75, 3.05) is 13.2 Å². The Morgan fingerprint density at radius 1 is 1.32 bits per heavy atom. The molecule has 1 atom stereocenters. The molecule has 0 aliphatic carbocycles. The molecule has 1 aliphatic rings. The van der Waals surface area contributed by atoms with Crippen LogP contribution in [0, 0.1) is 5.41 Å². The van der Waals surface area contributed by atoms with Crippen LogP contribution in [0.3, 0.4) is 0 Å². The second-order valence-corrected chi connectivity index (χ2v) is 6.66. The van der Waals surface area contributed by atoms with Crippen molar-refractivity contribution >= 4 is 0 Å². The van der Waals surface area contributed by atoms with Crippen molar-refractivity contribution in [1.82, 2.24) is 10.1 Å². The largest absolute Gasteiger partial charge is 0.381 e. The van der Waals surface area contributed by atoms with Gasteiger partial charge in [-0.2, -0.15) is 4.98 Å². The topological polar surface area (TPSA) is 74.2 Å². The molecule has 5 nitrogen and oxygen atoms in total.